The standard InChI is InChI=1S/C26H24O2/c1-2-28-24(27)16-17-26-21-13-5-3-4-10-18(21)25(19-11-6-8-14-22(19)26)20-12-7-9-15-23(20)26/h4-15,25H,2-3,16-17H2,1H3. The summed E-state index contributed by atoms with van der Waals surface area (Å²) >= 11 is 0. The van der Waals surface area contributed by atoms with Gasteiger partial charge in [0, 0.05) is 17.8 Å². The Hall–Kier alpha value is -2.87. The maximum absolute atomic E-state index is 12.3. The average molecular weight is 368 g/mol. The first kappa shape index (κ1) is 17.2. The Morgan fingerprint density at radius 3 is 2.32 bits per heavy atom. The van der Waals surface area contributed by atoms with E-state index in [1.54, 1.807) is 0 Å². The van der Waals surface area contributed by atoms with Gasteiger partial charge in [0.05, 0.1) is 6.61 Å². The quantitative estimate of drug-likeness (QED) is 0.658. The van der Waals surface area contributed by atoms with E-state index < -0.39 is 0 Å². The summed E-state index contributed by atoms with van der Waals surface area (Å²) in [6, 6.07) is 17.6. The van der Waals surface area contributed by atoms with Crippen molar-refractivity contribution in [3.63, 3.8) is 0 Å². The van der Waals surface area contributed by atoms with Crippen LogP contribution in [-0.4, -0.2) is 12.6 Å². The van der Waals surface area contributed by atoms with Crippen LogP contribution < -0.4 is 0 Å². The zero-order valence-corrected chi connectivity index (χ0v) is 16.2. The van der Waals surface area contributed by atoms with E-state index in [0.29, 0.717) is 13.0 Å². The van der Waals surface area contributed by atoms with Crippen LogP contribution in [0.2, 0.25) is 0 Å². The first-order valence-electron chi connectivity index (χ1n) is 10.2. The molecule has 2 aromatic rings. The molecule has 28 heavy (non-hydrogen) atoms. The molecule has 0 unspecified atom stereocenters. The molecular weight excluding hydrogens is 344 g/mol. The predicted molar refractivity (Wildman–Crippen MR) is 111 cm³/mol. The van der Waals surface area contributed by atoms with Gasteiger partial charge in [0.15, 0.2) is 0 Å². The summed E-state index contributed by atoms with van der Waals surface area (Å²) < 4.78 is 5.28. The molecule has 0 fully saturated rings. The maximum atomic E-state index is 12.3. The summed E-state index contributed by atoms with van der Waals surface area (Å²) in [5, 5.41) is 0. The van der Waals surface area contributed by atoms with Crippen molar-refractivity contribution in [2.24, 2.45) is 0 Å². The summed E-state index contributed by atoms with van der Waals surface area (Å²) in [5.74, 6) is 0.153. The van der Waals surface area contributed by atoms with Crippen molar-refractivity contribution in [3.8, 4) is 0 Å². The first-order valence-corrected chi connectivity index (χ1v) is 10.2. The molecule has 6 rings (SSSR count). The van der Waals surface area contributed by atoms with Crippen LogP contribution in [0.3, 0.4) is 0 Å². The van der Waals surface area contributed by atoms with Crippen molar-refractivity contribution in [2.75, 3.05) is 6.61 Å². The van der Waals surface area contributed by atoms with Crippen molar-refractivity contribution in [3.05, 3.63) is 106 Å². The van der Waals surface area contributed by atoms with Crippen LogP contribution >= 0.6 is 0 Å². The molecule has 2 heteroatoms. The van der Waals surface area contributed by atoms with Crippen LogP contribution in [0.25, 0.3) is 0 Å². The molecule has 0 spiro atoms. The smallest absolute Gasteiger partial charge is 0.305 e. The van der Waals surface area contributed by atoms with Gasteiger partial charge in [-0.3, -0.25) is 4.79 Å². The minimum absolute atomic E-state index is 0.116. The van der Waals surface area contributed by atoms with Crippen LogP contribution in [0.5, 0.6) is 0 Å². The van der Waals surface area contributed by atoms with Gasteiger partial charge in [-0.25, -0.2) is 0 Å². The molecule has 2 bridgehead atoms. The average Bonchev–Trinajstić information content (AvgIpc) is 2.99. The Morgan fingerprint density at radius 1 is 1.00 bits per heavy atom. The van der Waals surface area contributed by atoms with E-state index in [4.69, 9.17) is 4.74 Å². The Kier molecular flexibility index (Phi) is 4.08. The molecule has 0 radical (unpaired) electrons. The lowest BCUT2D eigenvalue weighted by Crippen LogP contribution is -2.42. The third-order valence-electron chi connectivity index (χ3n) is 6.41. The highest BCUT2D eigenvalue weighted by atomic mass is 16.5. The molecule has 0 amide bonds. The topological polar surface area (TPSA) is 26.3 Å². The number of carbonyl (C=O) groups is 1. The number of benzene rings is 2. The molecule has 0 aliphatic heterocycles. The number of hydrogen-bond acceptors (Lipinski definition) is 2. The van der Waals surface area contributed by atoms with Crippen molar-refractivity contribution >= 4 is 5.97 Å². The van der Waals surface area contributed by atoms with Gasteiger partial charge in [0.25, 0.3) is 0 Å². The molecule has 0 N–H and O–H groups in total. The number of hydrogen-bond donors (Lipinski definition) is 0. The van der Waals surface area contributed by atoms with Gasteiger partial charge in [-0.05, 0) is 53.2 Å². The lowest BCUT2D eigenvalue weighted by molar-refractivity contribution is -0.143. The minimum Gasteiger partial charge on any atom is -0.466 e. The number of rotatable bonds is 4. The number of ether oxygens (including phenoxy) is 1. The second kappa shape index (κ2) is 6.63. The molecule has 0 saturated carbocycles. The molecule has 2 aromatic carbocycles. The Labute approximate surface area is 166 Å². The van der Waals surface area contributed by atoms with Crippen molar-refractivity contribution < 1.29 is 9.53 Å². The number of carbonyl (C=O) groups excluding carboxylic acids is 1. The largest absolute Gasteiger partial charge is 0.466 e. The first-order chi connectivity index (χ1) is 13.8. The highest BCUT2D eigenvalue weighted by Crippen LogP contribution is 2.61. The molecule has 2 nitrogen and oxygen atoms in total. The van der Waals surface area contributed by atoms with Crippen LogP contribution in [0, 0.1) is 0 Å². The van der Waals surface area contributed by atoms with Gasteiger partial charge >= 0.3 is 5.97 Å². The highest BCUT2D eigenvalue weighted by molar-refractivity contribution is 5.75. The molecule has 0 aromatic heterocycles. The summed E-state index contributed by atoms with van der Waals surface area (Å²) in [5.41, 5.74) is 7.90. The lowest BCUT2D eigenvalue weighted by atomic mass is 9.51. The van der Waals surface area contributed by atoms with E-state index in [0.717, 1.165) is 12.8 Å². The number of esters is 1. The van der Waals surface area contributed by atoms with E-state index in [-0.39, 0.29) is 17.3 Å². The van der Waals surface area contributed by atoms with Gasteiger partial charge in [0.2, 0.25) is 0 Å². The number of allylic oxidation sites excluding steroid dienone is 6. The summed E-state index contributed by atoms with van der Waals surface area (Å²) in [4.78, 5) is 12.3. The van der Waals surface area contributed by atoms with Gasteiger partial charge in [-0.1, -0.05) is 72.8 Å². The van der Waals surface area contributed by atoms with Gasteiger partial charge < -0.3 is 4.74 Å². The van der Waals surface area contributed by atoms with Crippen LogP contribution in [0.15, 0.2) is 84.0 Å². The zero-order chi connectivity index (χ0) is 19.1. The molecule has 0 atom stereocenters. The fourth-order valence-corrected chi connectivity index (χ4v) is 5.43. The highest BCUT2D eigenvalue weighted by Gasteiger charge is 2.51. The molecule has 4 aliphatic rings. The SMILES string of the molecule is CCOC(=O)CCC12C3=C(C=CCC=C3)C(c3ccccc31)c1ccccc12. The molecule has 140 valence electrons. The zero-order valence-electron chi connectivity index (χ0n) is 16.2. The van der Waals surface area contributed by atoms with E-state index >= 15 is 0 Å². The molecule has 4 aliphatic carbocycles. The fourth-order valence-electron chi connectivity index (χ4n) is 5.43. The second-order valence-electron chi connectivity index (χ2n) is 7.73. The Bertz CT molecular complexity index is 990. The van der Waals surface area contributed by atoms with E-state index in [2.05, 4.69) is 72.8 Å². The predicted octanol–water partition coefficient (Wildman–Crippen LogP) is 5.59. The minimum atomic E-state index is -0.296. The monoisotopic (exact) mass is 368 g/mol. The van der Waals surface area contributed by atoms with Crippen molar-refractivity contribution in [1.82, 2.24) is 0 Å². The van der Waals surface area contributed by atoms with E-state index in [9.17, 15) is 4.79 Å². The van der Waals surface area contributed by atoms with E-state index in [1.165, 1.54) is 33.4 Å². The second-order valence-corrected chi connectivity index (χ2v) is 7.73. The van der Waals surface area contributed by atoms with Gasteiger partial charge in [0.1, 0.15) is 0 Å². The molecule has 0 heterocycles. The summed E-state index contributed by atoms with van der Waals surface area (Å²) in [6.07, 6.45) is 11.2. The fraction of sp³-hybridized carbons (Fsp3) is 0.269. The molecular formula is C26H24O2. The summed E-state index contributed by atoms with van der Waals surface area (Å²) in [6.45, 7) is 2.30. The van der Waals surface area contributed by atoms with Gasteiger partial charge in [-0.15, -0.1) is 0 Å². The normalized spacial score (nSPS) is 23.7. The van der Waals surface area contributed by atoms with Crippen molar-refractivity contribution in [2.45, 2.75) is 37.5 Å². The van der Waals surface area contributed by atoms with Crippen LogP contribution in [-0.2, 0) is 14.9 Å². The third-order valence-corrected chi connectivity index (χ3v) is 6.41. The van der Waals surface area contributed by atoms with Gasteiger partial charge in [-0.2, -0.15) is 0 Å². The Balaban J connectivity index is 1.78. The Morgan fingerprint density at radius 2 is 1.64 bits per heavy atom. The van der Waals surface area contributed by atoms with E-state index in [1.807, 2.05) is 6.92 Å². The maximum Gasteiger partial charge on any atom is 0.305 e. The summed E-state index contributed by atoms with van der Waals surface area (Å²) in [7, 11) is 0. The van der Waals surface area contributed by atoms with Crippen molar-refractivity contribution in [1.29, 1.82) is 0 Å². The van der Waals surface area contributed by atoms with Crippen LogP contribution in [0.4, 0.5) is 0 Å². The van der Waals surface area contributed by atoms with Crippen LogP contribution in [0.1, 0.15) is 54.4 Å². The third kappa shape index (κ3) is 2.30. The molecule has 0 saturated heterocycles. The lowest BCUT2D eigenvalue weighted by Gasteiger charge is -2.51.